The number of aliphatic carboxylic acids is 1. The Morgan fingerprint density at radius 1 is 1.20 bits per heavy atom. The normalized spacial score (nSPS) is 25.0. The van der Waals surface area contributed by atoms with Crippen LogP contribution in [0.5, 0.6) is 5.75 Å². The minimum absolute atomic E-state index is 0.0106. The molecule has 0 radical (unpaired) electrons. The maximum atomic E-state index is 10.8. The van der Waals surface area contributed by atoms with Crippen LogP contribution in [0, 0.1) is 17.8 Å². The first-order valence-electron chi connectivity index (χ1n) is 13.2. The van der Waals surface area contributed by atoms with Gasteiger partial charge in [-0.15, -0.1) is 0 Å². The largest absolute Gasteiger partial charge is 0.488 e. The summed E-state index contributed by atoms with van der Waals surface area (Å²) >= 11 is 0. The van der Waals surface area contributed by atoms with Crippen molar-refractivity contribution in [3.8, 4) is 5.75 Å². The maximum Gasteiger partial charge on any atom is 0.303 e. The smallest absolute Gasteiger partial charge is 0.303 e. The molecule has 6 nitrogen and oxygen atoms in total. The van der Waals surface area contributed by atoms with E-state index in [2.05, 4.69) is 32.1 Å². The molecule has 0 saturated carbocycles. The van der Waals surface area contributed by atoms with Crippen molar-refractivity contribution in [3.63, 3.8) is 0 Å². The highest BCUT2D eigenvalue weighted by Crippen LogP contribution is 2.44. The topological polar surface area (TPSA) is 96.2 Å². The number of rotatable bonds is 14. The molecule has 3 rings (SSSR count). The first-order chi connectivity index (χ1) is 16.8. The van der Waals surface area contributed by atoms with E-state index >= 15 is 0 Å². The number of carboxylic acids is 1. The van der Waals surface area contributed by atoms with Crippen molar-refractivity contribution in [2.45, 2.75) is 89.6 Å². The molecule has 2 aliphatic rings. The lowest BCUT2D eigenvalue weighted by molar-refractivity contribution is -0.176. The quantitative estimate of drug-likeness (QED) is 0.301. The molecule has 5 atom stereocenters. The highest BCUT2D eigenvalue weighted by Gasteiger charge is 2.40. The molecule has 5 unspecified atom stereocenters. The van der Waals surface area contributed by atoms with Gasteiger partial charge in [0.25, 0.3) is 0 Å². The zero-order valence-electron chi connectivity index (χ0n) is 21.1. The molecule has 0 fully saturated rings. The molecular formula is C29H42O6. The Morgan fingerprint density at radius 3 is 2.69 bits per heavy atom. The molecule has 35 heavy (non-hydrogen) atoms. The summed E-state index contributed by atoms with van der Waals surface area (Å²) in [5.41, 5.74) is 1.28. The minimum atomic E-state index is -1.85. The molecule has 0 aromatic heterocycles. The van der Waals surface area contributed by atoms with Gasteiger partial charge in [0, 0.05) is 25.2 Å². The third-order valence-corrected chi connectivity index (χ3v) is 7.34. The summed E-state index contributed by atoms with van der Waals surface area (Å²) in [6.07, 6.45) is 11.8. The average molecular weight is 487 g/mol. The molecule has 6 heteroatoms. The lowest BCUT2D eigenvalue weighted by Gasteiger charge is -2.43. The number of carbonyl (C=O) groups is 1. The highest BCUT2D eigenvalue weighted by molar-refractivity contribution is 5.66. The molecule has 0 heterocycles. The summed E-state index contributed by atoms with van der Waals surface area (Å²) in [6.45, 7) is 4.86. The second-order valence-corrected chi connectivity index (χ2v) is 10.2. The Bertz CT molecular complexity index is 846. The van der Waals surface area contributed by atoms with Gasteiger partial charge in [-0.05, 0) is 61.6 Å². The van der Waals surface area contributed by atoms with Gasteiger partial charge in [-0.25, -0.2) is 0 Å². The fraction of sp³-hybridized carbons (Fsp3) is 0.621. The van der Waals surface area contributed by atoms with Gasteiger partial charge < -0.3 is 24.8 Å². The summed E-state index contributed by atoms with van der Waals surface area (Å²) in [5.74, 6) is -1.17. The number of aliphatic hydroxyl groups is 2. The summed E-state index contributed by atoms with van der Waals surface area (Å²) in [5, 5.41) is 29.8. The number of hydrogen-bond acceptors (Lipinski definition) is 5. The maximum absolute atomic E-state index is 10.8. The average Bonchev–Trinajstić information content (AvgIpc) is 2.82. The first-order valence-corrected chi connectivity index (χ1v) is 13.2. The number of para-hydroxylation sites is 1. The number of fused-ring (bicyclic) bond motifs is 1. The van der Waals surface area contributed by atoms with Crippen molar-refractivity contribution in [2.24, 2.45) is 17.8 Å². The second kappa shape index (κ2) is 13.2. The second-order valence-electron chi connectivity index (χ2n) is 10.2. The standard InChI is InChI=1S/C29H42O6/c1-3-9-24(35-23-11-5-4-6-12-23)20-34-26-13-7-10-22-16-15-21(2)25(28(22)26)17-19-29(32,33)18-8-14-27(30)31/h4-6,10-12,15-16,21,24-26,28,32-33H,3,7-9,13-14,17-20H2,1-2H3,(H,30,31). The number of carboxylic acid groups (broad SMARTS) is 1. The molecule has 0 spiro atoms. The number of allylic oxidation sites excluding steroid dienone is 3. The van der Waals surface area contributed by atoms with Gasteiger partial charge >= 0.3 is 5.97 Å². The van der Waals surface area contributed by atoms with Crippen LogP contribution in [0.25, 0.3) is 0 Å². The molecule has 194 valence electrons. The van der Waals surface area contributed by atoms with Crippen LogP contribution in [-0.4, -0.2) is 45.9 Å². The Labute approximate surface area is 209 Å². The molecule has 0 amide bonds. The van der Waals surface area contributed by atoms with E-state index in [1.54, 1.807) is 0 Å². The lowest BCUT2D eigenvalue weighted by Crippen LogP contribution is -2.41. The number of benzene rings is 1. The Hall–Kier alpha value is -2.15. The fourth-order valence-electron chi connectivity index (χ4n) is 5.47. The zero-order chi connectivity index (χ0) is 25.3. The van der Waals surface area contributed by atoms with Crippen molar-refractivity contribution < 1.29 is 29.6 Å². The lowest BCUT2D eigenvalue weighted by atomic mass is 9.66. The van der Waals surface area contributed by atoms with E-state index in [1.807, 2.05) is 30.3 Å². The summed E-state index contributed by atoms with van der Waals surface area (Å²) in [6, 6.07) is 9.87. The molecule has 1 aromatic carbocycles. The SMILES string of the molecule is CCCC(COC1CCC=C2C=CC(C)C(CCC(O)(O)CCCC(=O)O)C21)Oc1ccccc1. The van der Waals surface area contributed by atoms with Crippen molar-refractivity contribution in [1.82, 2.24) is 0 Å². The van der Waals surface area contributed by atoms with E-state index in [4.69, 9.17) is 14.6 Å². The van der Waals surface area contributed by atoms with Gasteiger partial charge in [0.15, 0.2) is 5.79 Å². The molecular weight excluding hydrogens is 444 g/mol. The third-order valence-electron chi connectivity index (χ3n) is 7.34. The zero-order valence-corrected chi connectivity index (χ0v) is 21.1. The van der Waals surface area contributed by atoms with Crippen molar-refractivity contribution in [1.29, 1.82) is 0 Å². The summed E-state index contributed by atoms with van der Waals surface area (Å²) in [4.78, 5) is 10.8. The van der Waals surface area contributed by atoms with Crippen molar-refractivity contribution >= 4 is 5.97 Å². The van der Waals surface area contributed by atoms with E-state index in [-0.39, 0.29) is 49.7 Å². The number of ether oxygens (including phenoxy) is 2. The monoisotopic (exact) mass is 486 g/mol. The predicted octanol–water partition coefficient (Wildman–Crippen LogP) is 5.49. The van der Waals surface area contributed by atoms with E-state index in [9.17, 15) is 15.0 Å². The van der Waals surface area contributed by atoms with Crippen LogP contribution in [-0.2, 0) is 9.53 Å². The van der Waals surface area contributed by atoms with Crippen molar-refractivity contribution in [2.75, 3.05) is 6.61 Å². The third kappa shape index (κ3) is 8.48. The van der Waals surface area contributed by atoms with E-state index in [0.717, 1.165) is 31.4 Å². The Balaban J connectivity index is 1.63. The molecule has 0 bridgehead atoms. The molecule has 0 saturated heterocycles. The van der Waals surface area contributed by atoms with E-state index in [1.165, 1.54) is 5.57 Å². The number of hydrogen-bond donors (Lipinski definition) is 3. The van der Waals surface area contributed by atoms with Crippen LogP contribution in [0.4, 0.5) is 0 Å². The van der Waals surface area contributed by atoms with Crippen LogP contribution in [0.2, 0.25) is 0 Å². The van der Waals surface area contributed by atoms with E-state index < -0.39 is 11.8 Å². The van der Waals surface area contributed by atoms with Gasteiger partial charge in [0.1, 0.15) is 11.9 Å². The van der Waals surface area contributed by atoms with E-state index in [0.29, 0.717) is 18.9 Å². The van der Waals surface area contributed by atoms with Crippen LogP contribution in [0.1, 0.15) is 71.6 Å². The van der Waals surface area contributed by atoms with Gasteiger partial charge in [0.05, 0.1) is 12.7 Å². The van der Waals surface area contributed by atoms with Gasteiger partial charge in [-0.1, -0.05) is 56.7 Å². The first kappa shape index (κ1) is 27.4. The highest BCUT2D eigenvalue weighted by atomic mass is 16.5. The van der Waals surface area contributed by atoms with Crippen LogP contribution < -0.4 is 4.74 Å². The van der Waals surface area contributed by atoms with Crippen LogP contribution >= 0.6 is 0 Å². The molecule has 3 N–H and O–H groups in total. The van der Waals surface area contributed by atoms with Gasteiger partial charge in [0.2, 0.25) is 0 Å². The Kier molecular flexibility index (Phi) is 10.4. The Morgan fingerprint density at radius 2 is 1.97 bits per heavy atom. The molecule has 2 aliphatic carbocycles. The summed E-state index contributed by atoms with van der Waals surface area (Å²) in [7, 11) is 0. The van der Waals surface area contributed by atoms with Crippen LogP contribution in [0.15, 0.2) is 54.1 Å². The summed E-state index contributed by atoms with van der Waals surface area (Å²) < 4.78 is 12.8. The minimum Gasteiger partial charge on any atom is -0.488 e. The fourth-order valence-corrected chi connectivity index (χ4v) is 5.47. The molecule has 1 aromatic rings. The predicted molar refractivity (Wildman–Crippen MR) is 136 cm³/mol. The van der Waals surface area contributed by atoms with Crippen LogP contribution in [0.3, 0.4) is 0 Å². The van der Waals surface area contributed by atoms with Gasteiger partial charge in [-0.3, -0.25) is 4.79 Å². The molecule has 0 aliphatic heterocycles. The van der Waals surface area contributed by atoms with Gasteiger partial charge in [-0.2, -0.15) is 0 Å². The van der Waals surface area contributed by atoms with Crippen molar-refractivity contribution in [3.05, 3.63) is 54.1 Å².